The molecule has 0 unspecified atom stereocenters. The molecule has 1 aromatic carbocycles. The first-order valence-electron chi connectivity index (χ1n) is 7.87. The number of rotatable bonds is 5. The molecule has 2 aromatic rings. The van der Waals surface area contributed by atoms with E-state index in [1.165, 1.54) is 11.3 Å². The Labute approximate surface area is 158 Å². The van der Waals surface area contributed by atoms with Gasteiger partial charge in [0.1, 0.15) is 5.00 Å². The van der Waals surface area contributed by atoms with Gasteiger partial charge in [-0.05, 0) is 49.1 Å². The van der Waals surface area contributed by atoms with Crippen LogP contribution in [0.4, 0.5) is 10.7 Å². The molecule has 0 bridgehead atoms. The lowest BCUT2D eigenvalue weighted by Crippen LogP contribution is -2.17. The van der Waals surface area contributed by atoms with Crippen LogP contribution in [0.2, 0.25) is 5.02 Å². The van der Waals surface area contributed by atoms with Crippen LogP contribution in [0.15, 0.2) is 36.4 Å². The SMILES string of the molecule is O=C(O)/C=C/C(=O)Nc1sc2c(c1C(=O)Nc1ccc(Cl)cc1)CCC2. The average molecular weight is 391 g/mol. The molecule has 0 spiro atoms. The number of amides is 2. The third kappa shape index (κ3) is 4.12. The number of carboxylic acids is 1. The largest absolute Gasteiger partial charge is 0.478 e. The summed E-state index contributed by atoms with van der Waals surface area (Å²) in [4.78, 5) is 36.3. The Hall–Kier alpha value is -2.64. The van der Waals surface area contributed by atoms with Gasteiger partial charge in [0.2, 0.25) is 5.91 Å². The fraction of sp³-hybridized carbons (Fsp3) is 0.167. The number of hydrogen-bond donors (Lipinski definition) is 3. The number of aryl methyl sites for hydroxylation is 1. The van der Waals surface area contributed by atoms with Crippen molar-refractivity contribution in [1.82, 2.24) is 0 Å². The second-order valence-corrected chi connectivity index (χ2v) is 7.22. The molecule has 3 rings (SSSR count). The number of anilines is 2. The van der Waals surface area contributed by atoms with E-state index in [0.29, 0.717) is 21.3 Å². The molecule has 0 saturated carbocycles. The molecule has 0 radical (unpaired) electrons. The van der Waals surface area contributed by atoms with Crippen molar-refractivity contribution in [3.63, 3.8) is 0 Å². The highest BCUT2D eigenvalue weighted by Crippen LogP contribution is 2.39. The summed E-state index contributed by atoms with van der Waals surface area (Å²) in [6.07, 6.45) is 4.28. The van der Waals surface area contributed by atoms with E-state index in [4.69, 9.17) is 16.7 Å². The van der Waals surface area contributed by atoms with E-state index in [9.17, 15) is 14.4 Å². The summed E-state index contributed by atoms with van der Waals surface area (Å²) in [5, 5.41) is 15.0. The number of halogens is 1. The second kappa shape index (κ2) is 7.72. The number of fused-ring (bicyclic) bond motifs is 1. The van der Waals surface area contributed by atoms with Gasteiger partial charge >= 0.3 is 5.97 Å². The van der Waals surface area contributed by atoms with Crippen molar-refractivity contribution < 1.29 is 19.5 Å². The first-order chi connectivity index (χ1) is 12.4. The quantitative estimate of drug-likeness (QED) is 0.678. The molecule has 0 saturated heterocycles. The van der Waals surface area contributed by atoms with Gasteiger partial charge in [0.05, 0.1) is 5.56 Å². The molecule has 0 aliphatic heterocycles. The summed E-state index contributed by atoms with van der Waals surface area (Å²) < 4.78 is 0. The Balaban J connectivity index is 1.85. The molecule has 26 heavy (non-hydrogen) atoms. The first-order valence-corrected chi connectivity index (χ1v) is 9.07. The van der Waals surface area contributed by atoms with Crippen LogP contribution in [0.25, 0.3) is 0 Å². The number of nitrogens with one attached hydrogen (secondary N) is 2. The summed E-state index contributed by atoms with van der Waals surface area (Å²) in [5.74, 6) is -2.12. The Morgan fingerprint density at radius 1 is 1.08 bits per heavy atom. The molecule has 8 heteroatoms. The third-order valence-electron chi connectivity index (χ3n) is 3.86. The Morgan fingerprint density at radius 2 is 1.81 bits per heavy atom. The van der Waals surface area contributed by atoms with Gasteiger partial charge < -0.3 is 15.7 Å². The minimum Gasteiger partial charge on any atom is -0.478 e. The Bertz CT molecular complexity index is 903. The smallest absolute Gasteiger partial charge is 0.328 e. The maximum absolute atomic E-state index is 12.8. The standard InChI is InChI=1S/C18H15ClN2O4S/c19-10-4-6-11(7-5-10)20-17(25)16-12-2-1-3-13(12)26-18(16)21-14(22)8-9-15(23)24/h4-9H,1-3H2,(H,20,25)(H,21,22)(H,23,24)/b9-8+. The number of benzene rings is 1. The summed E-state index contributed by atoms with van der Waals surface area (Å²) in [6.45, 7) is 0. The highest BCUT2D eigenvalue weighted by Gasteiger charge is 2.27. The summed E-state index contributed by atoms with van der Waals surface area (Å²) in [5.41, 5.74) is 1.98. The number of hydrogen-bond acceptors (Lipinski definition) is 4. The van der Waals surface area contributed by atoms with Gasteiger partial charge in [-0.2, -0.15) is 0 Å². The minimum atomic E-state index is -1.21. The van der Waals surface area contributed by atoms with Crippen molar-refractivity contribution in [3.8, 4) is 0 Å². The third-order valence-corrected chi connectivity index (χ3v) is 5.32. The number of carbonyl (C=O) groups excluding carboxylic acids is 2. The van der Waals surface area contributed by atoms with Gasteiger partial charge in [-0.25, -0.2) is 4.79 Å². The topological polar surface area (TPSA) is 95.5 Å². The summed E-state index contributed by atoms with van der Waals surface area (Å²) in [6, 6.07) is 6.74. The summed E-state index contributed by atoms with van der Waals surface area (Å²) >= 11 is 7.21. The van der Waals surface area contributed by atoms with E-state index < -0.39 is 11.9 Å². The average Bonchev–Trinajstić information content (AvgIpc) is 3.15. The number of aliphatic carboxylic acids is 1. The van der Waals surface area contributed by atoms with Crippen molar-refractivity contribution in [2.75, 3.05) is 10.6 Å². The monoisotopic (exact) mass is 390 g/mol. The molecular weight excluding hydrogens is 376 g/mol. The fourth-order valence-electron chi connectivity index (χ4n) is 2.76. The van der Waals surface area contributed by atoms with Crippen molar-refractivity contribution in [2.24, 2.45) is 0 Å². The molecule has 1 aliphatic rings. The molecule has 1 aromatic heterocycles. The zero-order chi connectivity index (χ0) is 18.7. The van der Waals surface area contributed by atoms with Gasteiger partial charge in [-0.3, -0.25) is 9.59 Å². The van der Waals surface area contributed by atoms with Crippen molar-refractivity contribution in [2.45, 2.75) is 19.3 Å². The lowest BCUT2D eigenvalue weighted by molar-refractivity contribution is -0.131. The van der Waals surface area contributed by atoms with Gasteiger partial charge in [-0.15, -0.1) is 11.3 Å². The van der Waals surface area contributed by atoms with Crippen molar-refractivity contribution in [1.29, 1.82) is 0 Å². The van der Waals surface area contributed by atoms with Crippen molar-refractivity contribution >= 4 is 51.4 Å². The normalized spacial score (nSPS) is 12.8. The Morgan fingerprint density at radius 3 is 2.50 bits per heavy atom. The zero-order valence-electron chi connectivity index (χ0n) is 13.5. The molecule has 2 amide bonds. The first kappa shape index (κ1) is 18.2. The van der Waals surface area contributed by atoms with Gasteiger partial charge in [0, 0.05) is 27.7 Å². The van der Waals surface area contributed by atoms with Crippen LogP contribution in [-0.4, -0.2) is 22.9 Å². The van der Waals surface area contributed by atoms with E-state index in [1.54, 1.807) is 24.3 Å². The highest BCUT2D eigenvalue weighted by atomic mass is 35.5. The summed E-state index contributed by atoms with van der Waals surface area (Å²) in [7, 11) is 0. The maximum atomic E-state index is 12.8. The number of carboxylic acid groups (broad SMARTS) is 1. The molecule has 6 nitrogen and oxygen atoms in total. The van der Waals surface area contributed by atoms with Crippen LogP contribution in [-0.2, 0) is 22.4 Å². The molecule has 0 atom stereocenters. The van der Waals surface area contributed by atoms with E-state index >= 15 is 0 Å². The van der Waals surface area contributed by atoms with E-state index in [0.717, 1.165) is 41.9 Å². The lowest BCUT2D eigenvalue weighted by Gasteiger charge is -2.09. The van der Waals surface area contributed by atoms with E-state index in [-0.39, 0.29) is 5.91 Å². The van der Waals surface area contributed by atoms with Crippen LogP contribution >= 0.6 is 22.9 Å². The van der Waals surface area contributed by atoms with Gasteiger partial charge in [0.15, 0.2) is 0 Å². The predicted octanol–water partition coefficient (Wildman–Crippen LogP) is 3.72. The number of carbonyl (C=O) groups is 3. The molecule has 134 valence electrons. The second-order valence-electron chi connectivity index (χ2n) is 5.68. The van der Waals surface area contributed by atoms with Gasteiger partial charge in [-0.1, -0.05) is 11.6 Å². The van der Waals surface area contributed by atoms with Crippen molar-refractivity contribution in [3.05, 3.63) is 57.4 Å². The van der Waals surface area contributed by atoms with Crippen LogP contribution in [0.5, 0.6) is 0 Å². The van der Waals surface area contributed by atoms with Crippen LogP contribution in [0.3, 0.4) is 0 Å². The van der Waals surface area contributed by atoms with Crippen LogP contribution in [0, 0.1) is 0 Å². The molecule has 0 fully saturated rings. The van der Waals surface area contributed by atoms with E-state index in [2.05, 4.69) is 10.6 Å². The minimum absolute atomic E-state index is 0.316. The van der Waals surface area contributed by atoms with Crippen LogP contribution < -0.4 is 10.6 Å². The number of thiophene rings is 1. The lowest BCUT2D eigenvalue weighted by atomic mass is 10.1. The van der Waals surface area contributed by atoms with E-state index in [1.807, 2.05) is 0 Å². The molecule has 3 N–H and O–H groups in total. The molecule has 1 aliphatic carbocycles. The van der Waals surface area contributed by atoms with Crippen LogP contribution in [0.1, 0.15) is 27.2 Å². The Kier molecular flexibility index (Phi) is 5.39. The maximum Gasteiger partial charge on any atom is 0.328 e. The predicted molar refractivity (Wildman–Crippen MR) is 101 cm³/mol. The van der Waals surface area contributed by atoms with Gasteiger partial charge in [0.25, 0.3) is 5.91 Å². The zero-order valence-corrected chi connectivity index (χ0v) is 15.1. The molecule has 1 heterocycles. The highest BCUT2D eigenvalue weighted by molar-refractivity contribution is 7.17. The fourth-order valence-corrected chi connectivity index (χ4v) is 4.18. The molecular formula is C18H15ClN2O4S.